The van der Waals surface area contributed by atoms with Crippen molar-refractivity contribution in [2.75, 3.05) is 0 Å². The van der Waals surface area contributed by atoms with Gasteiger partial charge < -0.3 is 5.32 Å². The molecule has 3 heteroatoms. The van der Waals surface area contributed by atoms with E-state index in [1.54, 1.807) is 0 Å². The number of hydrogen-bond donors (Lipinski definition) is 1. The topological polar surface area (TPSA) is 12.0 Å². The number of halogens is 2. The maximum atomic E-state index is 13.6. The molecule has 106 valence electrons. The van der Waals surface area contributed by atoms with Crippen LogP contribution in [0.2, 0.25) is 0 Å². The predicted octanol–water partition coefficient (Wildman–Crippen LogP) is 4.06. The van der Waals surface area contributed by atoms with Crippen molar-refractivity contribution in [1.29, 1.82) is 0 Å². The molecule has 0 spiro atoms. The zero-order valence-electron chi connectivity index (χ0n) is 12.0. The third kappa shape index (κ3) is 3.75. The van der Waals surface area contributed by atoms with Gasteiger partial charge in [-0.2, -0.15) is 0 Å². The number of rotatable bonds is 4. The quantitative estimate of drug-likeness (QED) is 0.867. The van der Waals surface area contributed by atoms with Gasteiger partial charge in [0.1, 0.15) is 11.6 Å². The summed E-state index contributed by atoms with van der Waals surface area (Å²) in [5.74, 6) is -0.888. The van der Waals surface area contributed by atoms with E-state index in [1.807, 2.05) is 6.92 Å². The van der Waals surface area contributed by atoms with Gasteiger partial charge in [-0.25, -0.2) is 8.78 Å². The molecule has 0 aromatic heterocycles. The highest BCUT2D eigenvalue weighted by atomic mass is 19.1. The first-order valence-electron chi connectivity index (χ1n) is 7.06. The molecular weight excluding hydrogens is 244 g/mol. The summed E-state index contributed by atoms with van der Waals surface area (Å²) in [6, 6.07) is 4.62. The molecule has 2 atom stereocenters. The van der Waals surface area contributed by atoms with Crippen LogP contribution < -0.4 is 5.32 Å². The third-order valence-corrected chi connectivity index (χ3v) is 4.06. The van der Waals surface area contributed by atoms with Crippen molar-refractivity contribution in [3.8, 4) is 0 Å². The first kappa shape index (κ1) is 14.4. The van der Waals surface area contributed by atoms with Crippen LogP contribution in [0.4, 0.5) is 8.78 Å². The average molecular weight is 267 g/mol. The monoisotopic (exact) mass is 267 g/mol. The molecule has 0 bridgehead atoms. The molecule has 1 aliphatic carbocycles. The van der Waals surface area contributed by atoms with Crippen LogP contribution in [0.3, 0.4) is 0 Å². The van der Waals surface area contributed by atoms with E-state index in [2.05, 4.69) is 19.2 Å². The van der Waals surface area contributed by atoms with Gasteiger partial charge in [-0.1, -0.05) is 19.9 Å². The van der Waals surface area contributed by atoms with Gasteiger partial charge in [-0.05, 0) is 50.2 Å². The average Bonchev–Trinajstić information content (AvgIpc) is 2.63. The molecular formula is C16H23F2N. The Balaban J connectivity index is 1.93. The third-order valence-electron chi connectivity index (χ3n) is 4.06. The first-order chi connectivity index (χ1) is 8.87. The summed E-state index contributed by atoms with van der Waals surface area (Å²) in [5, 5.41) is 3.50. The highest BCUT2D eigenvalue weighted by Crippen LogP contribution is 2.37. The lowest BCUT2D eigenvalue weighted by Crippen LogP contribution is -2.37. The first-order valence-corrected chi connectivity index (χ1v) is 7.06. The molecule has 19 heavy (non-hydrogen) atoms. The Hall–Kier alpha value is -0.960. The number of benzene rings is 1. The molecule has 1 aromatic carbocycles. The van der Waals surface area contributed by atoms with Crippen LogP contribution in [0.15, 0.2) is 18.2 Å². The second-order valence-electron chi connectivity index (χ2n) is 6.58. The summed E-state index contributed by atoms with van der Waals surface area (Å²) < 4.78 is 27.2. The van der Waals surface area contributed by atoms with Gasteiger partial charge in [0.05, 0.1) is 0 Å². The van der Waals surface area contributed by atoms with Gasteiger partial charge in [0.25, 0.3) is 0 Å². The van der Waals surface area contributed by atoms with E-state index in [4.69, 9.17) is 0 Å². The van der Waals surface area contributed by atoms with Gasteiger partial charge in [0.15, 0.2) is 0 Å². The molecule has 2 rings (SSSR count). The molecule has 0 radical (unpaired) electrons. The standard InChI is InChI=1S/C16H23F2N/c1-11(19-12-7-8-16(2,3)10-12)9-13-14(17)5-4-6-15(13)18/h4-6,11-12,19H,7-10H2,1-3H3. The van der Waals surface area contributed by atoms with Crippen molar-refractivity contribution in [1.82, 2.24) is 5.32 Å². The summed E-state index contributed by atoms with van der Waals surface area (Å²) in [4.78, 5) is 0. The SMILES string of the molecule is CC(Cc1c(F)cccc1F)NC1CCC(C)(C)C1. The summed E-state index contributed by atoms with van der Waals surface area (Å²) in [7, 11) is 0. The lowest BCUT2D eigenvalue weighted by atomic mass is 9.91. The Kier molecular flexibility index (Phi) is 4.24. The van der Waals surface area contributed by atoms with E-state index in [0.29, 0.717) is 17.9 Å². The van der Waals surface area contributed by atoms with Crippen LogP contribution in [0.1, 0.15) is 45.6 Å². The van der Waals surface area contributed by atoms with Gasteiger partial charge in [-0.15, -0.1) is 0 Å². The largest absolute Gasteiger partial charge is 0.311 e. The zero-order chi connectivity index (χ0) is 14.0. The Morgan fingerprint density at radius 3 is 2.47 bits per heavy atom. The molecule has 0 saturated heterocycles. The van der Waals surface area contributed by atoms with Gasteiger partial charge in [0, 0.05) is 17.6 Å². The second-order valence-corrected chi connectivity index (χ2v) is 6.58. The molecule has 1 aromatic rings. The Bertz CT molecular complexity index is 422. The predicted molar refractivity (Wildman–Crippen MR) is 74.1 cm³/mol. The van der Waals surface area contributed by atoms with Gasteiger partial charge in [-0.3, -0.25) is 0 Å². The van der Waals surface area contributed by atoms with Crippen molar-refractivity contribution < 1.29 is 8.78 Å². The fraction of sp³-hybridized carbons (Fsp3) is 0.625. The highest BCUT2D eigenvalue weighted by molar-refractivity contribution is 5.20. The number of hydrogen-bond acceptors (Lipinski definition) is 1. The molecule has 0 amide bonds. The lowest BCUT2D eigenvalue weighted by Gasteiger charge is -2.22. The van der Waals surface area contributed by atoms with E-state index in [0.717, 1.165) is 12.8 Å². The normalized spacial score (nSPS) is 23.5. The molecule has 1 saturated carbocycles. The molecule has 1 N–H and O–H groups in total. The number of nitrogens with one attached hydrogen (secondary N) is 1. The fourth-order valence-electron chi connectivity index (χ4n) is 3.07. The minimum absolute atomic E-state index is 0.0882. The summed E-state index contributed by atoms with van der Waals surface area (Å²) in [5.41, 5.74) is 0.584. The van der Waals surface area contributed by atoms with Crippen molar-refractivity contribution in [2.45, 2.75) is 58.5 Å². The molecule has 1 aliphatic rings. The van der Waals surface area contributed by atoms with Crippen LogP contribution in [0.25, 0.3) is 0 Å². The van der Waals surface area contributed by atoms with E-state index in [9.17, 15) is 8.78 Å². The van der Waals surface area contributed by atoms with E-state index < -0.39 is 11.6 Å². The summed E-state index contributed by atoms with van der Waals surface area (Å²) in [6.07, 6.45) is 3.90. The van der Waals surface area contributed by atoms with Crippen LogP contribution in [0, 0.1) is 17.0 Å². The van der Waals surface area contributed by atoms with Crippen molar-refractivity contribution in [3.05, 3.63) is 35.4 Å². The summed E-state index contributed by atoms with van der Waals surface area (Å²) >= 11 is 0. The van der Waals surface area contributed by atoms with Crippen LogP contribution >= 0.6 is 0 Å². The Morgan fingerprint density at radius 1 is 1.32 bits per heavy atom. The van der Waals surface area contributed by atoms with Gasteiger partial charge in [0.2, 0.25) is 0 Å². The smallest absolute Gasteiger partial charge is 0.129 e. The van der Waals surface area contributed by atoms with E-state index >= 15 is 0 Å². The minimum Gasteiger partial charge on any atom is -0.311 e. The Morgan fingerprint density at radius 2 is 1.95 bits per heavy atom. The molecule has 1 fully saturated rings. The highest BCUT2D eigenvalue weighted by Gasteiger charge is 2.31. The van der Waals surface area contributed by atoms with Crippen molar-refractivity contribution >= 4 is 0 Å². The molecule has 0 heterocycles. The maximum absolute atomic E-state index is 13.6. The molecule has 2 unspecified atom stereocenters. The molecule has 0 aliphatic heterocycles. The van der Waals surface area contributed by atoms with Gasteiger partial charge >= 0.3 is 0 Å². The lowest BCUT2D eigenvalue weighted by molar-refractivity contribution is 0.353. The maximum Gasteiger partial charge on any atom is 0.129 e. The van der Waals surface area contributed by atoms with Crippen LogP contribution in [0.5, 0.6) is 0 Å². The minimum atomic E-state index is -0.444. The Labute approximate surface area is 114 Å². The summed E-state index contributed by atoms with van der Waals surface area (Å²) in [6.45, 7) is 6.54. The van der Waals surface area contributed by atoms with E-state index in [-0.39, 0.29) is 11.6 Å². The fourth-order valence-corrected chi connectivity index (χ4v) is 3.07. The van der Waals surface area contributed by atoms with Crippen molar-refractivity contribution in [2.24, 2.45) is 5.41 Å². The molecule has 1 nitrogen and oxygen atoms in total. The zero-order valence-corrected chi connectivity index (χ0v) is 12.0. The van der Waals surface area contributed by atoms with E-state index in [1.165, 1.54) is 24.6 Å². The van der Waals surface area contributed by atoms with Crippen molar-refractivity contribution in [3.63, 3.8) is 0 Å². The van der Waals surface area contributed by atoms with Crippen LogP contribution in [-0.4, -0.2) is 12.1 Å². The second kappa shape index (κ2) is 5.58. The van der Waals surface area contributed by atoms with Crippen LogP contribution in [-0.2, 0) is 6.42 Å².